The molecule has 1 saturated heterocycles. The summed E-state index contributed by atoms with van der Waals surface area (Å²) >= 11 is 6.46. The Hall–Kier alpha value is -3.66. The summed E-state index contributed by atoms with van der Waals surface area (Å²) in [6.45, 7) is 6.44. The topological polar surface area (TPSA) is 93.5 Å². The van der Waals surface area contributed by atoms with Gasteiger partial charge in [-0.1, -0.05) is 35.9 Å². The molecule has 2 aromatic heterocycles. The molecule has 6 rings (SSSR count). The molecule has 4 heterocycles. The molecule has 208 valence electrons. The van der Waals surface area contributed by atoms with E-state index < -0.39 is 5.41 Å². The molecule has 0 bridgehead atoms. The van der Waals surface area contributed by atoms with Crippen molar-refractivity contribution in [1.29, 1.82) is 0 Å². The fourth-order valence-electron chi connectivity index (χ4n) is 5.90. The van der Waals surface area contributed by atoms with Gasteiger partial charge >= 0.3 is 0 Å². The van der Waals surface area contributed by atoms with Crippen LogP contribution in [0, 0.1) is 6.92 Å². The minimum atomic E-state index is -0.912. The standard InChI is InChI=1S/C30H33ClN6O3/c1-20-24(28(36(2)35-20)37-10-13-39-14-11-37)17-33-19-30(9-12-40-27-8-7-22(31)15-25(27)30)29(38)34-26-18-32-16-21-5-3-4-6-23(21)26/h3-8,15-16,18,33H,9-14,17,19H2,1-2H3,(H,34,38). The number of hydrogen-bond donors (Lipinski definition) is 2. The van der Waals surface area contributed by atoms with Gasteiger partial charge in [0.15, 0.2) is 0 Å². The number of nitrogens with one attached hydrogen (secondary N) is 2. The Morgan fingerprint density at radius 3 is 2.80 bits per heavy atom. The third kappa shape index (κ3) is 4.89. The minimum absolute atomic E-state index is 0.124. The van der Waals surface area contributed by atoms with Crippen LogP contribution in [0.5, 0.6) is 5.75 Å². The van der Waals surface area contributed by atoms with E-state index in [-0.39, 0.29) is 5.91 Å². The Morgan fingerprint density at radius 2 is 1.95 bits per heavy atom. The van der Waals surface area contributed by atoms with Crippen molar-refractivity contribution in [2.45, 2.75) is 25.3 Å². The molecule has 2 aliphatic heterocycles. The highest BCUT2D eigenvalue weighted by Crippen LogP contribution is 2.41. The number of fused-ring (bicyclic) bond motifs is 2. The SMILES string of the molecule is Cc1nn(C)c(N2CCOCC2)c1CNCC1(C(=O)Nc2cncc3ccccc23)CCOc2ccc(Cl)cc21. The van der Waals surface area contributed by atoms with Gasteiger partial charge < -0.3 is 25.0 Å². The van der Waals surface area contributed by atoms with E-state index in [2.05, 4.69) is 20.5 Å². The summed E-state index contributed by atoms with van der Waals surface area (Å²) in [6.07, 6.45) is 4.00. The molecule has 40 heavy (non-hydrogen) atoms. The maximum absolute atomic E-state index is 14.3. The van der Waals surface area contributed by atoms with Crippen LogP contribution in [0.1, 0.15) is 23.2 Å². The summed E-state index contributed by atoms with van der Waals surface area (Å²) in [6, 6.07) is 13.4. The van der Waals surface area contributed by atoms with Crippen molar-refractivity contribution in [3.63, 3.8) is 0 Å². The number of benzene rings is 2. The molecule has 2 N–H and O–H groups in total. The normalized spacial score (nSPS) is 18.8. The molecule has 4 aromatic rings. The highest BCUT2D eigenvalue weighted by Gasteiger charge is 2.45. The van der Waals surface area contributed by atoms with E-state index in [1.54, 1.807) is 18.5 Å². The zero-order valence-electron chi connectivity index (χ0n) is 22.7. The predicted molar refractivity (Wildman–Crippen MR) is 156 cm³/mol. The first-order valence-corrected chi connectivity index (χ1v) is 14.0. The monoisotopic (exact) mass is 560 g/mol. The summed E-state index contributed by atoms with van der Waals surface area (Å²) in [4.78, 5) is 21.0. The van der Waals surface area contributed by atoms with Crippen molar-refractivity contribution < 1.29 is 14.3 Å². The number of amides is 1. The zero-order valence-corrected chi connectivity index (χ0v) is 23.5. The smallest absolute Gasteiger partial charge is 0.236 e. The second kappa shape index (κ2) is 11.1. The number of carbonyl (C=O) groups is 1. The fraction of sp³-hybridized carbons (Fsp3) is 0.367. The van der Waals surface area contributed by atoms with Gasteiger partial charge in [-0.3, -0.25) is 14.5 Å². The summed E-state index contributed by atoms with van der Waals surface area (Å²) in [7, 11) is 1.98. The first-order valence-electron chi connectivity index (χ1n) is 13.6. The van der Waals surface area contributed by atoms with Crippen molar-refractivity contribution in [1.82, 2.24) is 20.1 Å². The molecule has 0 radical (unpaired) electrons. The number of carbonyl (C=O) groups excluding carboxylic acids is 1. The van der Waals surface area contributed by atoms with Gasteiger partial charge in [-0.2, -0.15) is 5.10 Å². The predicted octanol–water partition coefficient (Wildman–Crippen LogP) is 4.22. The molecule has 1 atom stereocenters. The molecule has 2 aliphatic rings. The lowest BCUT2D eigenvalue weighted by atomic mass is 9.74. The number of hydrogen-bond acceptors (Lipinski definition) is 7. The Kier molecular flexibility index (Phi) is 7.35. The zero-order chi connectivity index (χ0) is 27.7. The maximum Gasteiger partial charge on any atom is 0.236 e. The lowest BCUT2D eigenvalue weighted by molar-refractivity contribution is -0.122. The van der Waals surface area contributed by atoms with E-state index in [1.807, 2.05) is 55.1 Å². The van der Waals surface area contributed by atoms with Gasteiger partial charge in [0.1, 0.15) is 11.6 Å². The second-order valence-electron chi connectivity index (χ2n) is 10.4. The second-order valence-corrected chi connectivity index (χ2v) is 10.8. The molecule has 1 amide bonds. The van der Waals surface area contributed by atoms with Crippen LogP contribution < -0.4 is 20.3 Å². The number of pyridine rings is 1. The van der Waals surface area contributed by atoms with E-state index in [9.17, 15) is 4.79 Å². The largest absolute Gasteiger partial charge is 0.493 e. The van der Waals surface area contributed by atoms with Crippen LogP contribution in [0.2, 0.25) is 5.02 Å². The van der Waals surface area contributed by atoms with Crippen LogP contribution >= 0.6 is 11.6 Å². The van der Waals surface area contributed by atoms with Gasteiger partial charge in [-0.25, -0.2) is 0 Å². The molecular weight excluding hydrogens is 528 g/mol. The first-order chi connectivity index (χ1) is 19.5. The molecule has 9 nitrogen and oxygen atoms in total. The Morgan fingerprint density at radius 1 is 1.12 bits per heavy atom. The summed E-state index contributed by atoms with van der Waals surface area (Å²) < 4.78 is 13.5. The van der Waals surface area contributed by atoms with Crippen LogP contribution in [-0.2, 0) is 28.5 Å². The fourth-order valence-corrected chi connectivity index (χ4v) is 6.07. The molecule has 10 heteroatoms. The van der Waals surface area contributed by atoms with E-state index in [0.29, 0.717) is 55.8 Å². The van der Waals surface area contributed by atoms with Crippen molar-refractivity contribution in [3.8, 4) is 5.75 Å². The molecule has 1 fully saturated rings. The van der Waals surface area contributed by atoms with Crippen LogP contribution in [0.4, 0.5) is 11.5 Å². The molecule has 2 aromatic carbocycles. The van der Waals surface area contributed by atoms with Crippen molar-refractivity contribution >= 4 is 39.8 Å². The van der Waals surface area contributed by atoms with E-state index >= 15 is 0 Å². The van der Waals surface area contributed by atoms with Gasteiger partial charge in [0, 0.05) is 72.8 Å². The number of aromatic nitrogens is 3. The Labute approximate surface area is 238 Å². The van der Waals surface area contributed by atoms with E-state index in [1.165, 1.54) is 0 Å². The van der Waals surface area contributed by atoms with Crippen molar-refractivity contribution in [2.75, 3.05) is 49.7 Å². The van der Waals surface area contributed by atoms with Crippen LogP contribution in [0.15, 0.2) is 54.9 Å². The Bertz CT molecular complexity index is 1540. The number of rotatable bonds is 7. The van der Waals surface area contributed by atoms with Crippen LogP contribution in [0.25, 0.3) is 10.8 Å². The van der Waals surface area contributed by atoms with Gasteiger partial charge in [-0.15, -0.1) is 0 Å². The summed E-state index contributed by atoms with van der Waals surface area (Å²) in [5.41, 5.74) is 2.63. The van der Waals surface area contributed by atoms with E-state index in [0.717, 1.165) is 46.5 Å². The average Bonchev–Trinajstić information content (AvgIpc) is 3.26. The molecule has 1 unspecified atom stereocenters. The third-order valence-corrected chi connectivity index (χ3v) is 8.18. The van der Waals surface area contributed by atoms with Gasteiger partial charge in [0.2, 0.25) is 5.91 Å². The summed E-state index contributed by atoms with van der Waals surface area (Å²) in [5.74, 6) is 1.64. The number of ether oxygens (including phenoxy) is 2. The number of nitrogens with zero attached hydrogens (tertiary/aromatic N) is 4. The lowest BCUT2D eigenvalue weighted by Gasteiger charge is -2.38. The van der Waals surface area contributed by atoms with Crippen LogP contribution in [-0.4, -0.2) is 60.1 Å². The number of anilines is 2. The van der Waals surface area contributed by atoms with E-state index in [4.69, 9.17) is 26.2 Å². The van der Waals surface area contributed by atoms with Gasteiger partial charge in [-0.05, 0) is 25.1 Å². The highest BCUT2D eigenvalue weighted by molar-refractivity contribution is 6.30. The average molecular weight is 561 g/mol. The number of morpholine rings is 1. The van der Waals surface area contributed by atoms with Gasteiger partial charge in [0.05, 0.1) is 42.8 Å². The van der Waals surface area contributed by atoms with Crippen molar-refractivity contribution in [3.05, 3.63) is 76.7 Å². The highest BCUT2D eigenvalue weighted by atomic mass is 35.5. The first kappa shape index (κ1) is 26.6. The van der Waals surface area contributed by atoms with Crippen LogP contribution in [0.3, 0.4) is 0 Å². The number of halogens is 1. The van der Waals surface area contributed by atoms with Gasteiger partial charge in [0.25, 0.3) is 0 Å². The molecule has 0 saturated carbocycles. The van der Waals surface area contributed by atoms with Crippen molar-refractivity contribution in [2.24, 2.45) is 7.05 Å². The Balaban J connectivity index is 1.32. The molecular formula is C30H33ClN6O3. The maximum atomic E-state index is 14.3. The molecule has 0 spiro atoms. The summed E-state index contributed by atoms with van der Waals surface area (Å²) in [5, 5.41) is 14.0. The number of aryl methyl sites for hydroxylation is 2. The molecule has 0 aliphatic carbocycles. The quantitative estimate of drug-likeness (QED) is 0.350. The third-order valence-electron chi connectivity index (χ3n) is 7.95. The minimum Gasteiger partial charge on any atom is -0.493 e. The lowest BCUT2D eigenvalue weighted by Crippen LogP contribution is -2.50.